The van der Waals surface area contributed by atoms with Crippen molar-refractivity contribution in [2.24, 2.45) is 11.7 Å². The number of hydrogen-bond acceptors (Lipinski definition) is 3. The van der Waals surface area contributed by atoms with Crippen molar-refractivity contribution >= 4 is 33.2 Å². The molecule has 0 amide bonds. The van der Waals surface area contributed by atoms with E-state index in [0.717, 1.165) is 20.2 Å². The second kappa shape index (κ2) is 5.16. The van der Waals surface area contributed by atoms with Crippen molar-refractivity contribution in [1.82, 2.24) is 4.98 Å². The molecule has 4 heteroatoms. The highest BCUT2D eigenvalue weighted by Crippen LogP contribution is 2.36. The number of halogens is 1. The van der Waals surface area contributed by atoms with Gasteiger partial charge in [0, 0.05) is 5.02 Å². The van der Waals surface area contributed by atoms with Crippen molar-refractivity contribution in [3.05, 3.63) is 28.2 Å². The van der Waals surface area contributed by atoms with E-state index in [1.807, 2.05) is 18.2 Å². The van der Waals surface area contributed by atoms with E-state index in [4.69, 9.17) is 17.3 Å². The molecule has 0 aliphatic heterocycles. The summed E-state index contributed by atoms with van der Waals surface area (Å²) >= 11 is 7.70. The zero-order chi connectivity index (χ0) is 12.5. The Kier molecular flexibility index (Phi) is 3.55. The molecule has 1 unspecified atom stereocenters. The quantitative estimate of drug-likeness (QED) is 0.878. The van der Waals surface area contributed by atoms with Gasteiger partial charge in [0.05, 0.1) is 16.3 Å². The fourth-order valence-corrected chi connectivity index (χ4v) is 4.09. The minimum Gasteiger partial charge on any atom is -0.322 e. The third-order valence-corrected chi connectivity index (χ3v) is 5.16. The molecule has 0 spiro atoms. The minimum atomic E-state index is 0.0986. The van der Waals surface area contributed by atoms with Gasteiger partial charge in [-0.1, -0.05) is 30.9 Å². The molecular weight excluding hydrogens is 264 g/mol. The molecule has 1 aliphatic rings. The van der Waals surface area contributed by atoms with Crippen molar-refractivity contribution in [2.75, 3.05) is 0 Å². The van der Waals surface area contributed by atoms with Crippen LogP contribution in [0.4, 0.5) is 0 Å². The van der Waals surface area contributed by atoms with E-state index in [2.05, 4.69) is 4.98 Å². The van der Waals surface area contributed by atoms with E-state index in [9.17, 15) is 0 Å². The fraction of sp³-hybridized carbons (Fsp3) is 0.500. The molecule has 0 radical (unpaired) electrons. The molecule has 2 aromatic rings. The van der Waals surface area contributed by atoms with E-state index in [0.29, 0.717) is 5.92 Å². The van der Waals surface area contributed by atoms with Crippen LogP contribution in [-0.2, 0) is 0 Å². The average Bonchev–Trinajstić information content (AvgIpc) is 2.81. The maximum absolute atomic E-state index is 6.39. The van der Waals surface area contributed by atoms with Crippen LogP contribution in [0, 0.1) is 5.92 Å². The van der Waals surface area contributed by atoms with Crippen LogP contribution in [-0.4, -0.2) is 4.98 Å². The summed E-state index contributed by atoms with van der Waals surface area (Å²) in [4.78, 5) is 4.66. The molecule has 3 rings (SSSR count). The summed E-state index contributed by atoms with van der Waals surface area (Å²) in [5.41, 5.74) is 7.41. The Balaban J connectivity index is 1.88. The lowest BCUT2D eigenvalue weighted by atomic mass is 9.84. The van der Waals surface area contributed by atoms with Crippen molar-refractivity contribution < 1.29 is 0 Å². The summed E-state index contributed by atoms with van der Waals surface area (Å²) in [6, 6.07) is 5.94. The molecule has 1 saturated carbocycles. The van der Waals surface area contributed by atoms with Crippen molar-refractivity contribution in [3.63, 3.8) is 0 Å². The first-order chi connectivity index (χ1) is 8.74. The van der Waals surface area contributed by atoms with Gasteiger partial charge in [-0.05, 0) is 37.0 Å². The number of benzene rings is 1. The molecule has 0 saturated heterocycles. The maximum Gasteiger partial charge on any atom is 0.111 e. The van der Waals surface area contributed by atoms with Gasteiger partial charge in [0.2, 0.25) is 0 Å². The van der Waals surface area contributed by atoms with Gasteiger partial charge in [-0.2, -0.15) is 0 Å². The summed E-state index contributed by atoms with van der Waals surface area (Å²) in [5.74, 6) is 0.606. The number of aromatic nitrogens is 1. The Labute approximate surface area is 116 Å². The van der Waals surface area contributed by atoms with Crippen molar-refractivity contribution in [3.8, 4) is 0 Å². The van der Waals surface area contributed by atoms with Gasteiger partial charge in [-0.3, -0.25) is 0 Å². The van der Waals surface area contributed by atoms with Crippen molar-refractivity contribution in [2.45, 2.75) is 38.1 Å². The first-order valence-electron chi connectivity index (χ1n) is 6.55. The van der Waals surface area contributed by atoms with Crippen molar-refractivity contribution in [1.29, 1.82) is 0 Å². The maximum atomic E-state index is 6.39. The third kappa shape index (κ3) is 2.40. The van der Waals surface area contributed by atoms with Crippen LogP contribution in [0.3, 0.4) is 0 Å². The number of fused-ring (bicyclic) bond motifs is 1. The second-order valence-electron chi connectivity index (χ2n) is 5.09. The van der Waals surface area contributed by atoms with E-state index < -0.39 is 0 Å². The highest BCUT2D eigenvalue weighted by molar-refractivity contribution is 7.18. The van der Waals surface area contributed by atoms with Gasteiger partial charge in [-0.15, -0.1) is 11.3 Å². The lowest BCUT2D eigenvalue weighted by Gasteiger charge is -2.25. The standard InChI is InChI=1S/C14H17ClN2S/c15-10-6-7-11-12(8-10)18-14(17-11)13(16)9-4-2-1-3-5-9/h6-9,13H,1-5,16H2. The normalized spacial score (nSPS) is 19.2. The molecule has 2 nitrogen and oxygen atoms in total. The summed E-state index contributed by atoms with van der Waals surface area (Å²) in [6.07, 6.45) is 6.48. The predicted molar refractivity (Wildman–Crippen MR) is 78.1 cm³/mol. The smallest absolute Gasteiger partial charge is 0.111 e. The number of rotatable bonds is 2. The van der Waals surface area contributed by atoms with Gasteiger partial charge >= 0.3 is 0 Å². The lowest BCUT2D eigenvalue weighted by molar-refractivity contribution is 0.308. The molecule has 1 fully saturated rings. The van der Waals surface area contributed by atoms with Crippen LogP contribution < -0.4 is 5.73 Å². The number of hydrogen-bond donors (Lipinski definition) is 1. The lowest BCUT2D eigenvalue weighted by Crippen LogP contribution is -2.23. The van der Waals surface area contributed by atoms with E-state index >= 15 is 0 Å². The summed E-state index contributed by atoms with van der Waals surface area (Å²) in [7, 11) is 0. The van der Waals surface area contributed by atoms with Crippen LogP contribution in [0.1, 0.15) is 43.2 Å². The van der Waals surface area contributed by atoms with Crippen LogP contribution in [0.25, 0.3) is 10.2 Å². The molecule has 1 heterocycles. The Morgan fingerprint density at radius 3 is 2.83 bits per heavy atom. The van der Waals surface area contributed by atoms with Crippen LogP contribution in [0.2, 0.25) is 5.02 Å². The van der Waals surface area contributed by atoms with Crippen LogP contribution >= 0.6 is 22.9 Å². The first kappa shape index (κ1) is 12.4. The van der Waals surface area contributed by atoms with Crippen LogP contribution in [0.15, 0.2) is 18.2 Å². The van der Waals surface area contributed by atoms with Gasteiger partial charge in [-0.25, -0.2) is 4.98 Å². The Bertz CT molecular complexity index is 546. The zero-order valence-corrected chi connectivity index (χ0v) is 11.8. The molecular formula is C14H17ClN2S. The van der Waals surface area contributed by atoms with E-state index in [1.54, 1.807) is 11.3 Å². The summed E-state index contributed by atoms with van der Waals surface area (Å²) < 4.78 is 1.14. The monoisotopic (exact) mass is 280 g/mol. The van der Waals surface area contributed by atoms with Gasteiger partial charge < -0.3 is 5.73 Å². The van der Waals surface area contributed by atoms with Gasteiger partial charge in [0.15, 0.2) is 0 Å². The second-order valence-corrected chi connectivity index (χ2v) is 6.59. The SMILES string of the molecule is NC(c1nc2ccc(Cl)cc2s1)C1CCCCC1. The third-order valence-electron chi connectivity index (χ3n) is 3.81. The van der Waals surface area contributed by atoms with E-state index in [-0.39, 0.29) is 6.04 Å². The molecule has 1 aromatic heterocycles. The Morgan fingerprint density at radius 2 is 2.06 bits per heavy atom. The highest BCUT2D eigenvalue weighted by Gasteiger charge is 2.24. The average molecular weight is 281 g/mol. The zero-order valence-electron chi connectivity index (χ0n) is 10.2. The largest absolute Gasteiger partial charge is 0.322 e. The van der Waals surface area contributed by atoms with E-state index in [1.165, 1.54) is 32.1 Å². The summed E-state index contributed by atoms with van der Waals surface area (Å²) in [5, 5.41) is 1.84. The molecule has 18 heavy (non-hydrogen) atoms. The topological polar surface area (TPSA) is 38.9 Å². The molecule has 1 atom stereocenters. The minimum absolute atomic E-state index is 0.0986. The Hall–Kier alpha value is -0.640. The molecule has 2 N–H and O–H groups in total. The number of nitrogens with two attached hydrogens (primary N) is 1. The fourth-order valence-electron chi connectivity index (χ4n) is 2.75. The molecule has 0 bridgehead atoms. The molecule has 1 aliphatic carbocycles. The molecule has 96 valence electrons. The van der Waals surface area contributed by atoms with Crippen LogP contribution in [0.5, 0.6) is 0 Å². The van der Waals surface area contributed by atoms with Gasteiger partial charge in [0.25, 0.3) is 0 Å². The first-order valence-corrected chi connectivity index (χ1v) is 7.75. The Morgan fingerprint density at radius 1 is 1.28 bits per heavy atom. The number of thiazole rings is 1. The molecule has 1 aromatic carbocycles. The predicted octanol–water partition coefficient (Wildman–Crippen LogP) is 4.53. The highest BCUT2D eigenvalue weighted by atomic mass is 35.5. The summed E-state index contributed by atoms with van der Waals surface area (Å²) in [6.45, 7) is 0. The van der Waals surface area contributed by atoms with Gasteiger partial charge in [0.1, 0.15) is 5.01 Å². The number of nitrogens with zero attached hydrogens (tertiary/aromatic N) is 1.